The van der Waals surface area contributed by atoms with E-state index in [4.69, 9.17) is 9.47 Å². The fourth-order valence-corrected chi connectivity index (χ4v) is 4.03. The van der Waals surface area contributed by atoms with Gasteiger partial charge in [0.2, 0.25) is 0 Å². The Labute approximate surface area is 193 Å². The molecule has 0 spiro atoms. The minimum Gasteiger partial charge on any atom is -0.466 e. The van der Waals surface area contributed by atoms with Crippen LogP contribution in [0, 0.1) is 11.3 Å². The van der Waals surface area contributed by atoms with Gasteiger partial charge in [0, 0.05) is 6.42 Å². The van der Waals surface area contributed by atoms with Crippen LogP contribution in [0.2, 0.25) is 0 Å². The van der Waals surface area contributed by atoms with Crippen LogP contribution in [0.3, 0.4) is 0 Å². The van der Waals surface area contributed by atoms with E-state index >= 15 is 0 Å². The van der Waals surface area contributed by atoms with Gasteiger partial charge in [-0.25, -0.2) is 0 Å². The maximum Gasteiger partial charge on any atom is 0.311 e. The molecule has 4 nitrogen and oxygen atoms in total. The molecule has 0 rings (SSSR count). The first-order chi connectivity index (χ1) is 14.8. The number of unbranched alkanes of at least 4 members (excludes halogenated alkanes) is 12. The number of carbonyl (C=O) groups is 2. The van der Waals surface area contributed by atoms with Crippen molar-refractivity contribution in [1.82, 2.24) is 0 Å². The van der Waals surface area contributed by atoms with Gasteiger partial charge in [-0.05, 0) is 39.0 Å². The van der Waals surface area contributed by atoms with Gasteiger partial charge in [-0.1, -0.05) is 97.8 Å². The normalized spacial score (nSPS) is 12.5. The highest BCUT2D eigenvalue weighted by molar-refractivity contribution is 5.76. The number of hydrogen-bond acceptors (Lipinski definition) is 4. The van der Waals surface area contributed by atoms with Crippen molar-refractivity contribution in [2.45, 2.75) is 137 Å². The zero-order valence-electron chi connectivity index (χ0n) is 21.4. The molecule has 0 aromatic carbocycles. The van der Waals surface area contributed by atoms with Crippen molar-refractivity contribution < 1.29 is 19.1 Å². The summed E-state index contributed by atoms with van der Waals surface area (Å²) >= 11 is 0. The molecule has 4 heteroatoms. The Morgan fingerprint density at radius 2 is 1.10 bits per heavy atom. The van der Waals surface area contributed by atoms with Crippen LogP contribution in [0.4, 0.5) is 0 Å². The summed E-state index contributed by atoms with van der Waals surface area (Å²) in [6.45, 7) is 11.3. The summed E-state index contributed by atoms with van der Waals surface area (Å²) in [6, 6.07) is 0. The first-order valence-corrected chi connectivity index (χ1v) is 13.2. The average molecular weight is 441 g/mol. The van der Waals surface area contributed by atoms with Crippen LogP contribution in [-0.2, 0) is 19.1 Å². The van der Waals surface area contributed by atoms with Crippen molar-refractivity contribution in [3.05, 3.63) is 0 Å². The van der Waals surface area contributed by atoms with Gasteiger partial charge in [0.1, 0.15) is 0 Å². The number of carbonyl (C=O) groups excluding carboxylic acids is 2. The van der Waals surface area contributed by atoms with Crippen molar-refractivity contribution in [1.29, 1.82) is 0 Å². The van der Waals surface area contributed by atoms with Crippen molar-refractivity contribution in [3.8, 4) is 0 Å². The average Bonchev–Trinajstić information content (AvgIpc) is 2.71. The number of rotatable bonds is 21. The number of ether oxygens (including phenoxy) is 2. The second-order valence-corrected chi connectivity index (χ2v) is 10.00. The lowest BCUT2D eigenvalue weighted by molar-refractivity contribution is -0.156. The first-order valence-electron chi connectivity index (χ1n) is 13.2. The molecule has 0 N–H and O–H groups in total. The van der Waals surface area contributed by atoms with Crippen LogP contribution in [0.15, 0.2) is 0 Å². The largest absolute Gasteiger partial charge is 0.466 e. The van der Waals surface area contributed by atoms with Gasteiger partial charge in [0.15, 0.2) is 0 Å². The first kappa shape index (κ1) is 29.9. The van der Waals surface area contributed by atoms with E-state index in [2.05, 4.69) is 13.8 Å². The maximum absolute atomic E-state index is 12.4. The Morgan fingerprint density at radius 1 is 0.677 bits per heavy atom. The van der Waals surface area contributed by atoms with E-state index in [-0.39, 0.29) is 17.9 Å². The van der Waals surface area contributed by atoms with Crippen molar-refractivity contribution >= 4 is 11.9 Å². The second kappa shape index (κ2) is 19.6. The maximum atomic E-state index is 12.4. The van der Waals surface area contributed by atoms with Gasteiger partial charge in [-0.3, -0.25) is 9.59 Å². The highest BCUT2D eigenvalue weighted by atomic mass is 16.5. The summed E-state index contributed by atoms with van der Waals surface area (Å²) < 4.78 is 10.9. The smallest absolute Gasteiger partial charge is 0.311 e. The third-order valence-electron chi connectivity index (χ3n) is 5.92. The van der Waals surface area contributed by atoms with E-state index in [0.29, 0.717) is 26.1 Å². The Morgan fingerprint density at radius 3 is 1.58 bits per heavy atom. The minimum absolute atomic E-state index is 0.0997. The van der Waals surface area contributed by atoms with Crippen LogP contribution in [0.1, 0.15) is 137 Å². The van der Waals surface area contributed by atoms with E-state index in [9.17, 15) is 9.59 Å². The Hall–Kier alpha value is -1.06. The van der Waals surface area contributed by atoms with Gasteiger partial charge in [0.25, 0.3) is 0 Å². The quantitative estimate of drug-likeness (QED) is 0.134. The molecule has 0 heterocycles. The molecule has 0 aromatic rings. The SMILES string of the molecule is CCCCCCCCCCOC(=O)C[C@H](C)CC(C)(C)C(=O)OCCCCCCCC. The number of hydrogen-bond donors (Lipinski definition) is 0. The molecule has 0 aliphatic rings. The van der Waals surface area contributed by atoms with Crippen molar-refractivity contribution in [2.24, 2.45) is 11.3 Å². The van der Waals surface area contributed by atoms with E-state index < -0.39 is 5.41 Å². The molecule has 0 fully saturated rings. The summed E-state index contributed by atoms with van der Waals surface area (Å²) in [5, 5.41) is 0. The van der Waals surface area contributed by atoms with Crippen LogP contribution in [0.5, 0.6) is 0 Å². The van der Waals surface area contributed by atoms with Crippen molar-refractivity contribution in [3.63, 3.8) is 0 Å². The van der Waals surface area contributed by atoms with E-state index in [1.54, 1.807) is 0 Å². The molecule has 0 aliphatic carbocycles. The molecule has 0 amide bonds. The third-order valence-corrected chi connectivity index (χ3v) is 5.92. The molecule has 0 aliphatic heterocycles. The highest BCUT2D eigenvalue weighted by Crippen LogP contribution is 2.29. The van der Waals surface area contributed by atoms with E-state index in [1.165, 1.54) is 64.2 Å². The summed E-state index contributed by atoms with van der Waals surface area (Å²) in [6.07, 6.45) is 17.9. The summed E-state index contributed by atoms with van der Waals surface area (Å²) in [5.74, 6) is -0.199. The third kappa shape index (κ3) is 18.2. The van der Waals surface area contributed by atoms with Gasteiger partial charge in [-0.15, -0.1) is 0 Å². The fourth-order valence-electron chi connectivity index (χ4n) is 4.03. The predicted molar refractivity (Wildman–Crippen MR) is 130 cm³/mol. The highest BCUT2D eigenvalue weighted by Gasteiger charge is 2.31. The fraction of sp³-hybridized carbons (Fsp3) is 0.926. The molecule has 0 saturated carbocycles. The molecular formula is C27H52O4. The van der Waals surface area contributed by atoms with E-state index in [0.717, 1.165) is 25.7 Å². The van der Waals surface area contributed by atoms with E-state index in [1.807, 2.05) is 20.8 Å². The summed E-state index contributed by atoms with van der Waals surface area (Å²) in [5.41, 5.74) is -0.570. The Kier molecular flexibility index (Phi) is 18.9. The molecule has 0 bridgehead atoms. The lowest BCUT2D eigenvalue weighted by atomic mass is 9.82. The van der Waals surface area contributed by atoms with Gasteiger partial charge >= 0.3 is 11.9 Å². The molecular weight excluding hydrogens is 388 g/mol. The van der Waals surface area contributed by atoms with Crippen molar-refractivity contribution in [2.75, 3.05) is 13.2 Å². The Bertz CT molecular complexity index is 445. The minimum atomic E-state index is -0.570. The molecule has 0 aromatic heterocycles. The second-order valence-electron chi connectivity index (χ2n) is 10.00. The molecule has 31 heavy (non-hydrogen) atoms. The zero-order valence-corrected chi connectivity index (χ0v) is 21.4. The number of esters is 2. The van der Waals surface area contributed by atoms with Crippen LogP contribution >= 0.6 is 0 Å². The zero-order chi connectivity index (χ0) is 23.4. The molecule has 1 atom stereocenters. The summed E-state index contributed by atoms with van der Waals surface area (Å²) in [4.78, 5) is 24.5. The topological polar surface area (TPSA) is 52.6 Å². The van der Waals surface area contributed by atoms with Crippen LogP contribution in [-0.4, -0.2) is 25.2 Å². The van der Waals surface area contributed by atoms with Gasteiger partial charge in [-0.2, -0.15) is 0 Å². The van der Waals surface area contributed by atoms with Crippen LogP contribution < -0.4 is 0 Å². The van der Waals surface area contributed by atoms with Gasteiger partial charge < -0.3 is 9.47 Å². The van der Waals surface area contributed by atoms with Gasteiger partial charge in [0.05, 0.1) is 18.6 Å². The summed E-state index contributed by atoms with van der Waals surface area (Å²) in [7, 11) is 0. The molecule has 0 saturated heterocycles. The monoisotopic (exact) mass is 440 g/mol. The Balaban J connectivity index is 3.84. The molecule has 0 radical (unpaired) electrons. The standard InChI is InChI=1S/C27H52O4/c1-6-8-10-12-14-15-17-18-20-30-25(28)22-24(3)23-27(4,5)26(29)31-21-19-16-13-11-9-7-2/h24H,6-23H2,1-5H3/t24-/m0/s1. The molecule has 0 unspecified atom stereocenters. The van der Waals surface area contributed by atoms with Crippen LogP contribution in [0.25, 0.3) is 0 Å². The lowest BCUT2D eigenvalue weighted by Crippen LogP contribution is -2.29. The lowest BCUT2D eigenvalue weighted by Gasteiger charge is -2.25. The molecule has 184 valence electrons. The predicted octanol–water partition coefficient (Wildman–Crippen LogP) is 8.02.